The van der Waals surface area contributed by atoms with Gasteiger partial charge in [0.25, 0.3) is 0 Å². The highest BCUT2D eigenvalue weighted by Crippen LogP contribution is 2.34. The molecule has 2 aliphatic rings. The van der Waals surface area contributed by atoms with Crippen molar-refractivity contribution in [1.82, 2.24) is 20.4 Å². The van der Waals surface area contributed by atoms with Gasteiger partial charge in [-0.3, -0.25) is 24.7 Å². The predicted octanol–water partition coefficient (Wildman–Crippen LogP) is 2.81. The number of carbonyl (C=O) groups is 3. The average molecular weight is 484 g/mol. The van der Waals surface area contributed by atoms with Crippen LogP contribution in [0.3, 0.4) is 0 Å². The van der Waals surface area contributed by atoms with Crippen LogP contribution >= 0.6 is 0 Å². The number of amides is 4. The van der Waals surface area contributed by atoms with Crippen LogP contribution in [0, 0.1) is 0 Å². The van der Waals surface area contributed by atoms with E-state index < -0.39 is 29.7 Å². The maximum atomic E-state index is 13.1. The summed E-state index contributed by atoms with van der Waals surface area (Å²) in [5.74, 6) is -0.918. The van der Waals surface area contributed by atoms with Crippen LogP contribution in [0.15, 0.2) is 24.3 Å². The Morgan fingerprint density at radius 2 is 1.68 bits per heavy atom. The summed E-state index contributed by atoms with van der Waals surface area (Å²) >= 11 is 0. The second-order valence-electron chi connectivity index (χ2n) is 8.88. The van der Waals surface area contributed by atoms with Crippen LogP contribution in [0.2, 0.25) is 0 Å². The number of rotatable bonds is 6. The lowest BCUT2D eigenvalue weighted by Crippen LogP contribution is -2.56. The standard InChI is InChI=1S/C23H32F3N5O3/c1-16(21(33)29-22(34)27-17-7-3-2-4-8-17)31-13-11-30(12-14-31)15-20(32)28-19-10-6-5-9-18(19)23(24,25)26/h5-6,9-10,16-17H,2-4,7-8,11-15H2,1H3,(H,28,32)(H2,27,29,33,34). The Labute approximate surface area is 197 Å². The number of nitrogens with zero attached hydrogens (tertiary/aromatic N) is 2. The summed E-state index contributed by atoms with van der Waals surface area (Å²) in [6, 6.07) is 3.97. The summed E-state index contributed by atoms with van der Waals surface area (Å²) in [5.41, 5.74) is -1.16. The van der Waals surface area contributed by atoms with E-state index in [1.54, 1.807) is 6.92 Å². The van der Waals surface area contributed by atoms with Gasteiger partial charge in [0.15, 0.2) is 0 Å². The van der Waals surface area contributed by atoms with Crippen LogP contribution in [-0.4, -0.2) is 72.5 Å². The molecule has 1 aromatic rings. The van der Waals surface area contributed by atoms with E-state index in [0.717, 1.165) is 31.7 Å². The third-order valence-corrected chi connectivity index (χ3v) is 6.38. The molecule has 0 spiro atoms. The normalized spacial score (nSPS) is 19.3. The molecule has 188 valence electrons. The first kappa shape index (κ1) is 26.0. The van der Waals surface area contributed by atoms with E-state index in [0.29, 0.717) is 26.2 Å². The number of benzene rings is 1. The SMILES string of the molecule is CC(C(=O)NC(=O)NC1CCCCC1)N1CCN(CC(=O)Nc2ccccc2C(F)(F)F)CC1. The number of para-hydroxylation sites is 1. The van der Waals surface area contributed by atoms with Crippen LogP contribution in [0.5, 0.6) is 0 Å². The lowest BCUT2D eigenvalue weighted by Gasteiger charge is -2.37. The van der Waals surface area contributed by atoms with Gasteiger partial charge in [-0.1, -0.05) is 31.4 Å². The molecule has 1 unspecified atom stereocenters. The minimum Gasteiger partial charge on any atom is -0.335 e. The van der Waals surface area contributed by atoms with E-state index >= 15 is 0 Å². The number of hydrogen-bond acceptors (Lipinski definition) is 5. The van der Waals surface area contributed by atoms with Crippen LogP contribution < -0.4 is 16.0 Å². The number of hydrogen-bond donors (Lipinski definition) is 3. The topological polar surface area (TPSA) is 93.8 Å². The molecule has 1 aliphatic carbocycles. The zero-order valence-corrected chi connectivity index (χ0v) is 19.3. The Kier molecular flexibility index (Phi) is 8.90. The highest BCUT2D eigenvalue weighted by atomic mass is 19.4. The molecular weight excluding hydrogens is 451 g/mol. The fourth-order valence-corrected chi connectivity index (χ4v) is 4.39. The van der Waals surface area contributed by atoms with E-state index in [9.17, 15) is 27.6 Å². The van der Waals surface area contributed by atoms with Crippen LogP contribution in [0.25, 0.3) is 0 Å². The summed E-state index contributed by atoms with van der Waals surface area (Å²) < 4.78 is 39.3. The van der Waals surface area contributed by atoms with Crippen molar-refractivity contribution < 1.29 is 27.6 Å². The largest absolute Gasteiger partial charge is 0.418 e. The predicted molar refractivity (Wildman–Crippen MR) is 121 cm³/mol. The first-order chi connectivity index (χ1) is 16.1. The molecule has 1 aliphatic heterocycles. The smallest absolute Gasteiger partial charge is 0.335 e. The summed E-state index contributed by atoms with van der Waals surface area (Å²) in [6.45, 7) is 3.60. The van der Waals surface area contributed by atoms with Gasteiger partial charge in [-0.2, -0.15) is 13.2 Å². The zero-order chi connectivity index (χ0) is 24.7. The molecule has 1 heterocycles. The molecule has 1 saturated carbocycles. The van der Waals surface area contributed by atoms with Gasteiger partial charge in [-0.05, 0) is 31.9 Å². The van der Waals surface area contributed by atoms with Crippen molar-refractivity contribution in [2.75, 3.05) is 38.0 Å². The van der Waals surface area contributed by atoms with Crippen molar-refractivity contribution in [2.24, 2.45) is 0 Å². The fourth-order valence-electron chi connectivity index (χ4n) is 4.39. The molecular formula is C23H32F3N5O3. The molecule has 1 aromatic carbocycles. The number of imide groups is 1. The molecule has 34 heavy (non-hydrogen) atoms. The lowest BCUT2D eigenvalue weighted by molar-refractivity contribution is -0.137. The van der Waals surface area contributed by atoms with Crippen LogP contribution in [-0.2, 0) is 15.8 Å². The Morgan fingerprint density at radius 3 is 2.32 bits per heavy atom. The van der Waals surface area contributed by atoms with Crippen molar-refractivity contribution in [3.63, 3.8) is 0 Å². The molecule has 8 nitrogen and oxygen atoms in total. The highest BCUT2D eigenvalue weighted by molar-refractivity contribution is 5.97. The van der Waals surface area contributed by atoms with Crippen molar-refractivity contribution in [1.29, 1.82) is 0 Å². The molecule has 2 fully saturated rings. The van der Waals surface area contributed by atoms with Gasteiger partial charge in [-0.25, -0.2) is 4.79 Å². The van der Waals surface area contributed by atoms with Gasteiger partial charge in [0.2, 0.25) is 11.8 Å². The van der Waals surface area contributed by atoms with Gasteiger partial charge in [-0.15, -0.1) is 0 Å². The molecule has 4 amide bonds. The molecule has 11 heteroatoms. The first-order valence-corrected chi connectivity index (χ1v) is 11.7. The number of halogens is 3. The Bertz CT molecular complexity index is 866. The Balaban J connectivity index is 1.41. The number of carbonyl (C=O) groups excluding carboxylic acids is 3. The van der Waals surface area contributed by atoms with E-state index in [1.165, 1.54) is 24.6 Å². The second kappa shape index (κ2) is 11.7. The molecule has 3 N–H and O–H groups in total. The molecule has 0 bridgehead atoms. The van der Waals surface area contributed by atoms with Crippen molar-refractivity contribution in [3.05, 3.63) is 29.8 Å². The Morgan fingerprint density at radius 1 is 1.03 bits per heavy atom. The average Bonchev–Trinajstić information content (AvgIpc) is 2.79. The van der Waals surface area contributed by atoms with Crippen LogP contribution in [0.1, 0.15) is 44.6 Å². The third kappa shape index (κ3) is 7.42. The van der Waals surface area contributed by atoms with Gasteiger partial charge in [0, 0.05) is 32.2 Å². The van der Waals surface area contributed by atoms with Crippen molar-refractivity contribution in [2.45, 2.75) is 57.3 Å². The van der Waals surface area contributed by atoms with Crippen LogP contribution in [0.4, 0.5) is 23.7 Å². The minimum absolute atomic E-state index is 0.0512. The number of alkyl halides is 3. The second-order valence-corrected chi connectivity index (χ2v) is 8.88. The Hall–Kier alpha value is -2.66. The lowest BCUT2D eigenvalue weighted by atomic mass is 9.96. The third-order valence-electron chi connectivity index (χ3n) is 6.38. The number of anilines is 1. The van der Waals surface area contributed by atoms with Gasteiger partial charge < -0.3 is 10.6 Å². The monoisotopic (exact) mass is 483 g/mol. The van der Waals surface area contributed by atoms with Crippen molar-refractivity contribution >= 4 is 23.5 Å². The van der Waals surface area contributed by atoms with E-state index in [4.69, 9.17) is 0 Å². The molecule has 1 saturated heterocycles. The number of nitrogens with one attached hydrogen (secondary N) is 3. The highest BCUT2D eigenvalue weighted by Gasteiger charge is 2.34. The molecule has 0 radical (unpaired) electrons. The number of piperazine rings is 1. The number of urea groups is 1. The fraction of sp³-hybridized carbons (Fsp3) is 0.609. The molecule has 1 atom stereocenters. The maximum absolute atomic E-state index is 13.1. The quantitative estimate of drug-likeness (QED) is 0.579. The van der Waals surface area contributed by atoms with E-state index in [2.05, 4.69) is 16.0 Å². The summed E-state index contributed by atoms with van der Waals surface area (Å²) in [6.07, 6.45) is 0.617. The minimum atomic E-state index is -4.56. The summed E-state index contributed by atoms with van der Waals surface area (Å²) in [4.78, 5) is 40.7. The van der Waals surface area contributed by atoms with Gasteiger partial charge >= 0.3 is 12.2 Å². The maximum Gasteiger partial charge on any atom is 0.418 e. The summed E-state index contributed by atoms with van der Waals surface area (Å²) in [5, 5.41) is 7.62. The molecule has 3 rings (SSSR count). The summed E-state index contributed by atoms with van der Waals surface area (Å²) in [7, 11) is 0. The van der Waals surface area contributed by atoms with Crippen molar-refractivity contribution in [3.8, 4) is 0 Å². The van der Waals surface area contributed by atoms with Gasteiger partial charge in [0.1, 0.15) is 0 Å². The van der Waals surface area contributed by atoms with E-state index in [1.807, 2.05) is 9.80 Å². The van der Waals surface area contributed by atoms with Gasteiger partial charge in [0.05, 0.1) is 23.8 Å². The van der Waals surface area contributed by atoms with E-state index in [-0.39, 0.29) is 24.2 Å². The first-order valence-electron chi connectivity index (χ1n) is 11.7. The molecule has 0 aromatic heterocycles. The zero-order valence-electron chi connectivity index (χ0n) is 19.3.